The molecule has 22 heavy (non-hydrogen) atoms. The molecule has 0 bridgehead atoms. The fourth-order valence-corrected chi connectivity index (χ4v) is 3.14. The highest BCUT2D eigenvalue weighted by Gasteiger charge is 2.36. The zero-order chi connectivity index (χ0) is 16.0. The second-order valence-corrected chi connectivity index (χ2v) is 6.20. The van der Waals surface area contributed by atoms with Crippen LogP contribution in [0.2, 0.25) is 0 Å². The summed E-state index contributed by atoms with van der Waals surface area (Å²) >= 11 is 0. The van der Waals surface area contributed by atoms with E-state index in [4.69, 9.17) is 9.47 Å². The first-order valence-corrected chi connectivity index (χ1v) is 7.82. The molecule has 0 aromatic heterocycles. The van der Waals surface area contributed by atoms with Crippen molar-refractivity contribution in [3.05, 3.63) is 24.3 Å². The third kappa shape index (κ3) is 4.37. The first-order chi connectivity index (χ1) is 10.5. The van der Waals surface area contributed by atoms with Crippen LogP contribution in [0, 0.1) is 0 Å². The van der Waals surface area contributed by atoms with Crippen molar-refractivity contribution >= 4 is 11.8 Å². The standard InChI is InChI=1S/C17H26N2O3/c1-19(2)13-17(11-7-4-8-12-17)22-16(20)18-14-9-5-6-10-15(14)21-3/h5-6,9-10H,4,7-8,11-13H2,1-3H3,(H,18,20). The Morgan fingerprint density at radius 2 is 1.91 bits per heavy atom. The van der Waals surface area contributed by atoms with Gasteiger partial charge < -0.3 is 14.4 Å². The zero-order valence-electron chi connectivity index (χ0n) is 13.7. The van der Waals surface area contributed by atoms with E-state index in [2.05, 4.69) is 10.2 Å². The Kier molecular flexibility index (Phi) is 5.66. The van der Waals surface area contributed by atoms with Gasteiger partial charge in [-0.25, -0.2) is 4.79 Å². The van der Waals surface area contributed by atoms with Gasteiger partial charge in [0.1, 0.15) is 11.4 Å². The highest BCUT2D eigenvalue weighted by molar-refractivity contribution is 5.87. The molecule has 0 atom stereocenters. The maximum atomic E-state index is 12.3. The molecule has 1 aliphatic carbocycles. The van der Waals surface area contributed by atoms with Crippen molar-refractivity contribution in [3.63, 3.8) is 0 Å². The maximum absolute atomic E-state index is 12.3. The van der Waals surface area contributed by atoms with Gasteiger partial charge in [-0.05, 0) is 51.9 Å². The fourth-order valence-electron chi connectivity index (χ4n) is 3.14. The van der Waals surface area contributed by atoms with Gasteiger partial charge >= 0.3 is 6.09 Å². The van der Waals surface area contributed by atoms with Gasteiger partial charge in [0.25, 0.3) is 0 Å². The SMILES string of the molecule is COc1ccccc1NC(=O)OC1(CN(C)C)CCCCC1. The molecule has 5 nitrogen and oxygen atoms in total. The Labute approximate surface area is 132 Å². The molecule has 0 radical (unpaired) electrons. The van der Waals surface area contributed by atoms with Crippen LogP contribution < -0.4 is 10.1 Å². The molecule has 1 aromatic carbocycles. The lowest BCUT2D eigenvalue weighted by molar-refractivity contribution is -0.0261. The van der Waals surface area contributed by atoms with Crippen LogP contribution in [0.5, 0.6) is 5.75 Å². The minimum atomic E-state index is -0.409. The van der Waals surface area contributed by atoms with Crippen molar-refractivity contribution in [3.8, 4) is 5.75 Å². The van der Waals surface area contributed by atoms with E-state index in [1.807, 2.05) is 32.3 Å². The number of amides is 1. The van der Waals surface area contributed by atoms with Crippen molar-refractivity contribution in [2.24, 2.45) is 0 Å². The average molecular weight is 306 g/mol. The van der Waals surface area contributed by atoms with E-state index < -0.39 is 6.09 Å². The minimum absolute atomic E-state index is 0.381. The summed E-state index contributed by atoms with van der Waals surface area (Å²) < 4.78 is 11.1. The number of rotatable bonds is 5. The molecule has 5 heteroatoms. The summed E-state index contributed by atoms with van der Waals surface area (Å²) in [5, 5.41) is 2.80. The fraction of sp³-hybridized carbons (Fsp3) is 0.588. The molecular weight excluding hydrogens is 280 g/mol. The highest BCUT2D eigenvalue weighted by atomic mass is 16.6. The molecule has 0 aliphatic heterocycles. The van der Waals surface area contributed by atoms with E-state index in [-0.39, 0.29) is 5.60 Å². The number of anilines is 1. The normalized spacial score (nSPS) is 17.1. The van der Waals surface area contributed by atoms with Crippen molar-refractivity contribution in [1.29, 1.82) is 0 Å². The number of methoxy groups -OCH3 is 1. The lowest BCUT2D eigenvalue weighted by Gasteiger charge is -2.38. The highest BCUT2D eigenvalue weighted by Crippen LogP contribution is 2.33. The molecule has 1 aromatic rings. The van der Waals surface area contributed by atoms with Gasteiger partial charge in [0.05, 0.1) is 12.8 Å². The molecule has 1 N–H and O–H groups in total. The molecule has 0 unspecified atom stereocenters. The number of nitrogens with one attached hydrogen (secondary N) is 1. The first kappa shape index (κ1) is 16.6. The lowest BCUT2D eigenvalue weighted by atomic mass is 9.84. The smallest absolute Gasteiger partial charge is 0.412 e. The maximum Gasteiger partial charge on any atom is 0.412 e. The number of ether oxygens (including phenoxy) is 2. The van der Waals surface area contributed by atoms with Crippen molar-refractivity contribution in [2.45, 2.75) is 37.7 Å². The molecule has 1 saturated carbocycles. The molecule has 0 spiro atoms. The predicted molar refractivity (Wildman–Crippen MR) is 87.5 cm³/mol. The second kappa shape index (κ2) is 7.49. The number of benzene rings is 1. The van der Waals surface area contributed by atoms with Gasteiger partial charge in [-0.15, -0.1) is 0 Å². The third-order valence-electron chi connectivity index (χ3n) is 4.02. The molecule has 2 rings (SSSR count). The summed E-state index contributed by atoms with van der Waals surface area (Å²) in [6.45, 7) is 0.756. The molecule has 1 amide bonds. The third-order valence-corrected chi connectivity index (χ3v) is 4.02. The van der Waals surface area contributed by atoms with E-state index in [9.17, 15) is 4.79 Å². The molecule has 1 aliphatic rings. The molecule has 122 valence electrons. The van der Waals surface area contributed by atoms with E-state index in [0.717, 1.165) is 32.2 Å². The van der Waals surface area contributed by atoms with E-state index in [0.29, 0.717) is 11.4 Å². The summed E-state index contributed by atoms with van der Waals surface area (Å²) in [5.41, 5.74) is 0.249. The molecule has 0 heterocycles. The van der Waals surface area contributed by atoms with Crippen LogP contribution >= 0.6 is 0 Å². The second-order valence-electron chi connectivity index (χ2n) is 6.20. The first-order valence-electron chi connectivity index (χ1n) is 7.82. The van der Waals surface area contributed by atoms with Crippen LogP contribution in [-0.4, -0.2) is 44.3 Å². The van der Waals surface area contributed by atoms with E-state index in [1.54, 1.807) is 13.2 Å². The topological polar surface area (TPSA) is 50.8 Å². The summed E-state index contributed by atoms with van der Waals surface area (Å²) in [4.78, 5) is 14.4. The molecule has 0 saturated heterocycles. The van der Waals surface area contributed by atoms with Crippen molar-refractivity contribution in [1.82, 2.24) is 4.90 Å². The van der Waals surface area contributed by atoms with Crippen LogP contribution in [0.4, 0.5) is 10.5 Å². The van der Waals surface area contributed by atoms with Gasteiger partial charge in [0, 0.05) is 6.54 Å². The quantitative estimate of drug-likeness (QED) is 0.904. The number of carbonyl (C=O) groups is 1. The van der Waals surface area contributed by atoms with Crippen LogP contribution in [0.1, 0.15) is 32.1 Å². The number of para-hydroxylation sites is 2. The Hall–Kier alpha value is -1.75. The number of hydrogen-bond donors (Lipinski definition) is 1. The summed E-state index contributed by atoms with van der Waals surface area (Å²) in [6, 6.07) is 7.34. The van der Waals surface area contributed by atoms with Crippen LogP contribution in [0.3, 0.4) is 0 Å². The van der Waals surface area contributed by atoms with Crippen LogP contribution in [0.25, 0.3) is 0 Å². The minimum Gasteiger partial charge on any atom is -0.495 e. The monoisotopic (exact) mass is 306 g/mol. The Morgan fingerprint density at radius 1 is 1.23 bits per heavy atom. The van der Waals surface area contributed by atoms with Crippen LogP contribution in [-0.2, 0) is 4.74 Å². The van der Waals surface area contributed by atoms with Crippen molar-refractivity contribution in [2.75, 3.05) is 33.1 Å². The van der Waals surface area contributed by atoms with E-state index >= 15 is 0 Å². The van der Waals surface area contributed by atoms with Gasteiger partial charge in [-0.1, -0.05) is 18.6 Å². The molecule has 1 fully saturated rings. The Bertz CT molecular complexity index is 496. The number of nitrogens with zero attached hydrogens (tertiary/aromatic N) is 1. The van der Waals surface area contributed by atoms with Gasteiger partial charge in [-0.2, -0.15) is 0 Å². The largest absolute Gasteiger partial charge is 0.495 e. The lowest BCUT2D eigenvalue weighted by Crippen LogP contribution is -2.46. The number of likely N-dealkylation sites (N-methyl/N-ethyl adjacent to an activating group) is 1. The number of carbonyl (C=O) groups excluding carboxylic acids is 1. The van der Waals surface area contributed by atoms with Crippen molar-refractivity contribution < 1.29 is 14.3 Å². The summed E-state index contributed by atoms with van der Waals surface area (Å²) in [6.07, 6.45) is 4.86. The molecular formula is C17H26N2O3. The predicted octanol–water partition coefficient (Wildman–Crippen LogP) is 3.51. The summed E-state index contributed by atoms with van der Waals surface area (Å²) in [5.74, 6) is 0.629. The van der Waals surface area contributed by atoms with E-state index in [1.165, 1.54) is 6.42 Å². The number of hydrogen-bond acceptors (Lipinski definition) is 4. The Morgan fingerprint density at radius 3 is 2.55 bits per heavy atom. The van der Waals surface area contributed by atoms with Gasteiger partial charge in [-0.3, -0.25) is 5.32 Å². The Balaban J connectivity index is 2.04. The van der Waals surface area contributed by atoms with Gasteiger partial charge in [0.2, 0.25) is 0 Å². The van der Waals surface area contributed by atoms with Gasteiger partial charge in [0.15, 0.2) is 0 Å². The average Bonchev–Trinajstić information content (AvgIpc) is 2.47. The zero-order valence-corrected chi connectivity index (χ0v) is 13.7. The van der Waals surface area contributed by atoms with Crippen LogP contribution in [0.15, 0.2) is 24.3 Å². The summed E-state index contributed by atoms with van der Waals surface area (Å²) in [7, 11) is 5.61.